The van der Waals surface area contributed by atoms with E-state index < -0.39 is 23.3 Å². The maximum atomic E-state index is 13.8. The van der Waals surface area contributed by atoms with E-state index in [1.54, 1.807) is 47.4 Å². The molecule has 0 aliphatic carbocycles. The molecule has 3 aromatic carbocycles. The molecule has 2 aliphatic rings. The molecule has 0 saturated heterocycles. The number of aliphatic hydroxyl groups is 1. The first-order chi connectivity index (χ1) is 16.8. The van der Waals surface area contributed by atoms with Crippen molar-refractivity contribution in [1.82, 2.24) is 0 Å². The zero-order chi connectivity index (χ0) is 24.7. The van der Waals surface area contributed by atoms with Gasteiger partial charge < -0.3 is 19.7 Å². The molecule has 0 unspecified atom stereocenters. The zero-order valence-corrected chi connectivity index (χ0v) is 19.6. The van der Waals surface area contributed by atoms with Gasteiger partial charge in [0.1, 0.15) is 19.1 Å². The first-order valence-electron chi connectivity index (χ1n) is 11.6. The molecule has 2 atom stereocenters. The number of carbonyl (C=O) groups excluding carboxylic acids is 1. The molecule has 0 fully saturated rings. The number of amides is 1. The van der Waals surface area contributed by atoms with Gasteiger partial charge in [0.25, 0.3) is 5.91 Å². The number of nitrogens with zero attached hydrogens (tertiary/aromatic N) is 1. The molecule has 35 heavy (non-hydrogen) atoms. The lowest BCUT2D eigenvalue weighted by atomic mass is 9.79. The highest BCUT2D eigenvalue weighted by Gasteiger charge is 2.45. The maximum Gasteiger partial charge on any atom is 0.313 e. The number of carbonyl (C=O) groups is 2. The maximum absolute atomic E-state index is 13.8. The van der Waals surface area contributed by atoms with Gasteiger partial charge in [0, 0.05) is 16.7 Å². The Kier molecular flexibility index (Phi) is 5.73. The van der Waals surface area contributed by atoms with Gasteiger partial charge in [-0.25, -0.2) is 0 Å². The Labute approximate surface area is 203 Å². The second-order valence-corrected chi connectivity index (χ2v) is 9.52. The number of ether oxygens (including phenoxy) is 2. The van der Waals surface area contributed by atoms with Crippen molar-refractivity contribution >= 4 is 17.6 Å². The molecule has 0 spiro atoms. The molecule has 0 radical (unpaired) electrons. The van der Waals surface area contributed by atoms with Crippen LogP contribution in [0.15, 0.2) is 66.7 Å². The molecule has 0 aromatic heterocycles. The molecule has 0 bridgehead atoms. The van der Waals surface area contributed by atoms with Gasteiger partial charge >= 0.3 is 5.97 Å². The molecule has 0 saturated carbocycles. The summed E-state index contributed by atoms with van der Waals surface area (Å²) < 4.78 is 11.4. The summed E-state index contributed by atoms with van der Waals surface area (Å²) in [5, 5.41) is 20.1. The van der Waals surface area contributed by atoms with Crippen molar-refractivity contribution in [3.63, 3.8) is 0 Å². The third kappa shape index (κ3) is 3.91. The predicted octanol–water partition coefficient (Wildman–Crippen LogP) is 4.30. The van der Waals surface area contributed by atoms with E-state index in [9.17, 15) is 19.8 Å². The van der Waals surface area contributed by atoms with E-state index in [1.807, 2.05) is 38.1 Å². The van der Waals surface area contributed by atoms with Crippen LogP contribution in [0.25, 0.3) is 0 Å². The van der Waals surface area contributed by atoms with Gasteiger partial charge in [0.15, 0.2) is 11.5 Å². The summed E-state index contributed by atoms with van der Waals surface area (Å²) in [7, 11) is 0. The predicted molar refractivity (Wildman–Crippen MR) is 130 cm³/mol. The van der Waals surface area contributed by atoms with Crippen LogP contribution < -0.4 is 14.4 Å². The number of aliphatic hydroxyl groups excluding tert-OH is 1. The number of anilines is 1. The monoisotopic (exact) mass is 473 g/mol. The summed E-state index contributed by atoms with van der Waals surface area (Å²) in [6.07, 6.45) is 0. The van der Waals surface area contributed by atoms with Gasteiger partial charge in [-0.3, -0.25) is 14.5 Å². The van der Waals surface area contributed by atoms with E-state index in [0.29, 0.717) is 47.1 Å². The molecule has 7 heteroatoms. The Morgan fingerprint density at radius 2 is 1.69 bits per heavy atom. The lowest BCUT2D eigenvalue weighted by molar-refractivity contribution is -0.139. The van der Waals surface area contributed by atoms with Crippen molar-refractivity contribution in [2.24, 2.45) is 0 Å². The Morgan fingerprint density at radius 1 is 1.00 bits per heavy atom. The van der Waals surface area contributed by atoms with Crippen LogP contribution in [-0.2, 0) is 10.2 Å². The summed E-state index contributed by atoms with van der Waals surface area (Å²) in [5.41, 5.74) is 2.54. The fourth-order valence-electron chi connectivity index (χ4n) is 4.83. The highest BCUT2D eigenvalue weighted by Crippen LogP contribution is 2.47. The van der Waals surface area contributed by atoms with Crippen LogP contribution in [0.4, 0.5) is 5.69 Å². The van der Waals surface area contributed by atoms with Crippen LogP contribution in [0.2, 0.25) is 0 Å². The number of hydrogen-bond acceptors (Lipinski definition) is 5. The van der Waals surface area contributed by atoms with E-state index in [4.69, 9.17) is 9.47 Å². The smallest absolute Gasteiger partial charge is 0.313 e. The van der Waals surface area contributed by atoms with Gasteiger partial charge in [-0.05, 0) is 47.0 Å². The van der Waals surface area contributed by atoms with Crippen LogP contribution in [0.1, 0.15) is 52.9 Å². The standard InChI is InChI=1S/C28H27NO6/c1-28(2,16-30)18-8-10-19(11-9-18)29-25(17-7-12-22-23(15-17)35-14-13-34-22)24(27(32)33)20-5-3-4-6-21(20)26(29)31/h3-12,15,24-25,30H,13-14,16H2,1-2H3,(H,32,33)/t24-,25+/m0/s1. The average Bonchev–Trinajstić information content (AvgIpc) is 2.88. The molecule has 2 aliphatic heterocycles. The van der Waals surface area contributed by atoms with Crippen molar-refractivity contribution < 1.29 is 29.3 Å². The fraction of sp³-hybridized carbons (Fsp3) is 0.286. The van der Waals surface area contributed by atoms with E-state index >= 15 is 0 Å². The van der Waals surface area contributed by atoms with E-state index in [-0.39, 0.29) is 12.5 Å². The van der Waals surface area contributed by atoms with Gasteiger partial charge in [-0.15, -0.1) is 0 Å². The normalized spacial score (nSPS) is 19.3. The van der Waals surface area contributed by atoms with Crippen molar-refractivity contribution in [3.05, 3.63) is 89.0 Å². The third-order valence-corrected chi connectivity index (χ3v) is 6.84. The lowest BCUT2D eigenvalue weighted by Crippen LogP contribution is -2.45. The van der Waals surface area contributed by atoms with Gasteiger partial charge in [-0.2, -0.15) is 0 Å². The summed E-state index contributed by atoms with van der Waals surface area (Å²) in [4.78, 5) is 28.1. The molecule has 180 valence electrons. The minimum atomic E-state index is -1.02. The van der Waals surface area contributed by atoms with E-state index in [2.05, 4.69) is 0 Å². The molecule has 3 aromatic rings. The molecule has 1 amide bonds. The van der Waals surface area contributed by atoms with Crippen molar-refractivity contribution in [3.8, 4) is 11.5 Å². The molecule has 2 heterocycles. The molecule has 2 N–H and O–H groups in total. The minimum absolute atomic E-state index is 0.0245. The van der Waals surface area contributed by atoms with Crippen LogP contribution in [0.3, 0.4) is 0 Å². The second-order valence-electron chi connectivity index (χ2n) is 9.52. The third-order valence-electron chi connectivity index (χ3n) is 6.84. The summed E-state index contributed by atoms with van der Waals surface area (Å²) >= 11 is 0. The highest BCUT2D eigenvalue weighted by molar-refractivity contribution is 6.11. The molecular formula is C28H27NO6. The van der Waals surface area contributed by atoms with Crippen LogP contribution in [0, 0.1) is 0 Å². The van der Waals surface area contributed by atoms with E-state index in [0.717, 1.165) is 5.56 Å². The van der Waals surface area contributed by atoms with Gasteiger partial charge in [0.05, 0.1) is 12.6 Å². The number of carboxylic acid groups (broad SMARTS) is 1. The quantitative estimate of drug-likeness (QED) is 0.574. The van der Waals surface area contributed by atoms with Gasteiger partial charge in [-0.1, -0.05) is 50.2 Å². The summed E-state index contributed by atoms with van der Waals surface area (Å²) in [6, 6.07) is 18.8. The Bertz CT molecular complexity index is 1280. The SMILES string of the molecule is CC(C)(CO)c1ccc(N2C(=O)c3ccccc3[C@H](C(=O)O)[C@H]2c2ccc3c(c2)OCCO3)cc1. The molecular weight excluding hydrogens is 446 g/mol. The molecule has 7 nitrogen and oxygen atoms in total. The van der Waals surface area contributed by atoms with Gasteiger partial charge in [0.2, 0.25) is 0 Å². The lowest BCUT2D eigenvalue weighted by Gasteiger charge is -2.41. The number of benzene rings is 3. The minimum Gasteiger partial charge on any atom is -0.486 e. The highest BCUT2D eigenvalue weighted by atomic mass is 16.6. The van der Waals surface area contributed by atoms with E-state index in [1.165, 1.54) is 0 Å². The van der Waals surface area contributed by atoms with Crippen molar-refractivity contribution in [2.45, 2.75) is 31.2 Å². The Morgan fingerprint density at radius 3 is 2.37 bits per heavy atom. The first kappa shape index (κ1) is 22.9. The summed E-state index contributed by atoms with van der Waals surface area (Å²) in [5.74, 6) is -1.15. The van der Waals surface area contributed by atoms with Crippen LogP contribution >= 0.6 is 0 Å². The second kappa shape index (κ2) is 8.74. The fourth-order valence-corrected chi connectivity index (χ4v) is 4.83. The zero-order valence-electron chi connectivity index (χ0n) is 19.6. The number of fused-ring (bicyclic) bond motifs is 2. The van der Waals surface area contributed by atoms with Crippen LogP contribution in [0.5, 0.6) is 11.5 Å². The Hall–Kier alpha value is -3.84. The Balaban J connectivity index is 1.68. The summed E-state index contributed by atoms with van der Waals surface area (Å²) in [6.45, 7) is 4.69. The van der Waals surface area contributed by atoms with Crippen LogP contribution in [-0.4, -0.2) is 41.9 Å². The largest absolute Gasteiger partial charge is 0.486 e. The van der Waals surface area contributed by atoms with Crippen molar-refractivity contribution in [2.75, 3.05) is 24.7 Å². The number of hydrogen-bond donors (Lipinski definition) is 2. The number of aliphatic carboxylic acids is 1. The molecule has 5 rings (SSSR count). The topological polar surface area (TPSA) is 96.3 Å². The van der Waals surface area contributed by atoms with Crippen molar-refractivity contribution in [1.29, 1.82) is 0 Å². The number of rotatable bonds is 5. The number of carboxylic acids is 1. The average molecular weight is 474 g/mol. The first-order valence-corrected chi connectivity index (χ1v) is 11.6.